The lowest BCUT2D eigenvalue weighted by Crippen LogP contribution is -2.13. The number of anilines is 1. The van der Waals surface area contributed by atoms with Crippen LogP contribution in [0, 0.1) is 13.8 Å². The maximum Gasteiger partial charge on any atom is 0.256 e. The molecule has 0 saturated heterocycles. The standard InChI is InChI=1S/C18H18N2O2S/c1-12-7-8-13(2)15(11-12)19-17(21)9-10-23-18-20-14-5-3-4-6-16(14)22-18/h3-8,11H,9-10H2,1-2H3,(H,19,21). The van der Waals surface area contributed by atoms with Crippen molar-refractivity contribution in [1.82, 2.24) is 4.98 Å². The average Bonchev–Trinajstić information content (AvgIpc) is 2.93. The van der Waals surface area contributed by atoms with Crippen molar-refractivity contribution in [1.29, 1.82) is 0 Å². The zero-order chi connectivity index (χ0) is 16.2. The molecule has 5 heteroatoms. The Hall–Kier alpha value is -2.27. The van der Waals surface area contributed by atoms with E-state index in [-0.39, 0.29) is 5.91 Å². The maximum atomic E-state index is 12.1. The first-order valence-corrected chi connectivity index (χ1v) is 8.46. The molecule has 1 aromatic heterocycles. The molecule has 4 nitrogen and oxygen atoms in total. The largest absolute Gasteiger partial charge is 0.431 e. The van der Waals surface area contributed by atoms with Crippen LogP contribution in [0.2, 0.25) is 0 Å². The first-order chi connectivity index (χ1) is 11.1. The summed E-state index contributed by atoms with van der Waals surface area (Å²) in [5, 5.41) is 3.56. The number of para-hydroxylation sites is 2. The van der Waals surface area contributed by atoms with Crippen LogP contribution < -0.4 is 5.32 Å². The summed E-state index contributed by atoms with van der Waals surface area (Å²) in [5.41, 5.74) is 4.69. The minimum Gasteiger partial charge on any atom is -0.431 e. The monoisotopic (exact) mass is 326 g/mol. The summed E-state index contributed by atoms with van der Waals surface area (Å²) in [5.74, 6) is 0.631. The van der Waals surface area contributed by atoms with E-state index < -0.39 is 0 Å². The molecule has 1 heterocycles. The SMILES string of the molecule is Cc1ccc(C)c(NC(=O)CCSc2nc3ccccc3o2)c1. The van der Waals surface area contributed by atoms with E-state index in [4.69, 9.17) is 4.42 Å². The van der Waals surface area contributed by atoms with Gasteiger partial charge in [0.05, 0.1) is 0 Å². The molecule has 3 rings (SSSR count). The van der Waals surface area contributed by atoms with Gasteiger partial charge >= 0.3 is 0 Å². The highest BCUT2D eigenvalue weighted by atomic mass is 32.2. The van der Waals surface area contributed by atoms with Crippen LogP contribution >= 0.6 is 11.8 Å². The van der Waals surface area contributed by atoms with Crippen molar-refractivity contribution >= 4 is 34.5 Å². The number of aryl methyl sites for hydroxylation is 2. The van der Waals surface area contributed by atoms with Crippen molar-refractivity contribution in [3.8, 4) is 0 Å². The van der Waals surface area contributed by atoms with Crippen molar-refractivity contribution in [3.63, 3.8) is 0 Å². The highest BCUT2D eigenvalue weighted by molar-refractivity contribution is 7.99. The van der Waals surface area contributed by atoms with Crippen LogP contribution in [0.5, 0.6) is 0 Å². The van der Waals surface area contributed by atoms with E-state index in [1.165, 1.54) is 11.8 Å². The Morgan fingerprint density at radius 3 is 2.87 bits per heavy atom. The average molecular weight is 326 g/mol. The van der Waals surface area contributed by atoms with Crippen molar-refractivity contribution < 1.29 is 9.21 Å². The molecule has 0 bridgehead atoms. The molecule has 0 aliphatic rings. The molecule has 23 heavy (non-hydrogen) atoms. The third-order valence-corrected chi connectivity index (χ3v) is 4.33. The highest BCUT2D eigenvalue weighted by Crippen LogP contribution is 2.24. The molecule has 2 aromatic carbocycles. The first kappa shape index (κ1) is 15.6. The summed E-state index contributed by atoms with van der Waals surface area (Å²) in [6.07, 6.45) is 0.413. The number of carbonyl (C=O) groups is 1. The number of fused-ring (bicyclic) bond motifs is 1. The van der Waals surface area contributed by atoms with Gasteiger partial charge in [-0.25, -0.2) is 4.98 Å². The molecule has 3 aromatic rings. The van der Waals surface area contributed by atoms with Crippen molar-refractivity contribution in [2.24, 2.45) is 0 Å². The van der Waals surface area contributed by atoms with Gasteiger partial charge in [-0.1, -0.05) is 36.0 Å². The number of hydrogen-bond donors (Lipinski definition) is 1. The van der Waals surface area contributed by atoms with E-state index in [0.717, 1.165) is 27.9 Å². The molecule has 0 unspecified atom stereocenters. The molecule has 0 spiro atoms. The van der Waals surface area contributed by atoms with Gasteiger partial charge in [-0.15, -0.1) is 0 Å². The molecule has 118 valence electrons. The van der Waals surface area contributed by atoms with Crippen LogP contribution in [-0.4, -0.2) is 16.6 Å². The number of aromatic nitrogens is 1. The van der Waals surface area contributed by atoms with E-state index >= 15 is 0 Å². The van der Waals surface area contributed by atoms with Gasteiger partial charge in [0.25, 0.3) is 5.22 Å². The van der Waals surface area contributed by atoms with Crippen molar-refractivity contribution in [2.45, 2.75) is 25.5 Å². The molecule has 0 aliphatic heterocycles. The first-order valence-electron chi connectivity index (χ1n) is 7.47. The molecule has 0 fully saturated rings. The number of oxazole rings is 1. The second kappa shape index (κ2) is 6.87. The van der Waals surface area contributed by atoms with Gasteiger partial charge in [-0.05, 0) is 43.2 Å². The van der Waals surface area contributed by atoms with Gasteiger partial charge in [0.2, 0.25) is 5.91 Å². The van der Waals surface area contributed by atoms with E-state index in [0.29, 0.717) is 17.4 Å². The molecule has 0 saturated carbocycles. The van der Waals surface area contributed by atoms with Crippen molar-refractivity contribution in [3.05, 3.63) is 53.6 Å². The normalized spacial score (nSPS) is 10.9. The fourth-order valence-corrected chi connectivity index (χ4v) is 3.00. The van der Waals surface area contributed by atoms with Gasteiger partial charge in [0.15, 0.2) is 5.58 Å². The van der Waals surface area contributed by atoms with Crippen LogP contribution in [0.15, 0.2) is 52.1 Å². The van der Waals surface area contributed by atoms with Crippen LogP contribution in [-0.2, 0) is 4.79 Å². The minimum absolute atomic E-state index is 0.00214. The Morgan fingerprint density at radius 1 is 1.22 bits per heavy atom. The van der Waals surface area contributed by atoms with Crippen LogP contribution in [0.1, 0.15) is 17.5 Å². The Morgan fingerprint density at radius 2 is 2.04 bits per heavy atom. The zero-order valence-electron chi connectivity index (χ0n) is 13.1. The van der Waals surface area contributed by atoms with Gasteiger partial charge in [-0.3, -0.25) is 4.79 Å². The number of nitrogens with one attached hydrogen (secondary N) is 1. The summed E-state index contributed by atoms with van der Waals surface area (Å²) in [6, 6.07) is 13.7. The third kappa shape index (κ3) is 3.93. The Labute approximate surface area is 139 Å². The minimum atomic E-state index is 0.00214. The molecule has 0 aliphatic carbocycles. The number of benzene rings is 2. The number of carbonyl (C=O) groups excluding carboxylic acids is 1. The molecule has 1 N–H and O–H groups in total. The molecular formula is C18H18N2O2S. The van der Waals surface area contributed by atoms with Crippen LogP contribution in [0.3, 0.4) is 0 Å². The topological polar surface area (TPSA) is 55.1 Å². The summed E-state index contributed by atoms with van der Waals surface area (Å²) in [6.45, 7) is 4.00. The molecule has 0 radical (unpaired) electrons. The molecule has 0 atom stereocenters. The van der Waals surface area contributed by atoms with Crippen LogP contribution in [0.25, 0.3) is 11.1 Å². The zero-order valence-corrected chi connectivity index (χ0v) is 13.9. The third-order valence-electron chi connectivity index (χ3n) is 3.50. The Balaban J connectivity index is 1.53. The van der Waals surface area contributed by atoms with E-state index in [1.54, 1.807) is 0 Å². The van der Waals surface area contributed by atoms with E-state index in [2.05, 4.69) is 10.3 Å². The lowest BCUT2D eigenvalue weighted by molar-refractivity contribution is -0.115. The second-order valence-electron chi connectivity index (χ2n) is 5.41. The van der Waals surface area contributed by atoms with Gasteiger partial charge in [0, 0.05) is 17.9 Å². The predicted octanol–water partition coefficient (Wildman–Crippen LogP) is 4.57. The number of thioether (sulfide) groups is 1. The number of rotatable bonds is 5. The van der Waals surface area contributed by atoms with Gasteiger partial charge in [0.1, 0.15) is 5.52 Å². The van der Waals surface area contributed by atoms with E-state index in [9.17, 15) is 4.79 Å². The van der Waals surface area contributed by atoms with Crippen molar-refractivity contribution in [2.75, 3.05) is 11.1 Å². The number of nitrogens with zero attached hydrogens (tertiary/aromatic N) is 1. The summed E-state index contributed by atoms with van der Waals surface area (Å²) in [7, 11) is 0. The summed E-state index contributed by atoms with van der Waals surface area (Å²) < 4.78 is 5.62. The Kier molecular flexibility index (Phi) is 4.67. The summed E-state index contributed by atoms with van der Waals surface area (Å²) >= 11 is 1.45. The van der Waals surface area contributed by atoms with E-state index in [1.807, 2.05) is 56.3 Å². The van der Waals surface area contributed by atoms with Gasteiger partial charge in [-0.2, -0.15) is 0 Å². The quantitative estimate of drug-likeness (QED) is 0.698. The smallest absolute Gasteiger partial charge is 0.256 e. The molecule has 1 amide bonds. The summed E-state index contributed by atoms with van der Waals surface area (Å²) in [4.78, 5) is 16.4. The van der Waals surface area contributed by atoms with Crippen LogP contribution in [0.4, 0.5) is 5.69 Å². The Bertz CT molecular complexity index is 809. The van der Waals surface area contributed by atoms with Gasteiger partial charge < -0.3 is 9.73 Å². The number of amides is 1. The maximum absolute atomic E-state index is 12.1. The highest BCUT2D eigenvalue weighted by Gasteiger charge is 2.09. The predicted molar refractivity (Wildman–Crippen MR) is 93.9 cm³/mol. The fraction of sp³-hybridized carbons (Fsp3) is 0.222. The fourth-order valence-electron chi connectivity index (χ4n) is 2.23. The lowest BCUT2D eigenvalue weighted by atomic mass is 10.1. The number of hydrogen-bond acceptors (Lipinski definition) is 4. The lowest BCUT2D eigenvalue weighted by Gasteiger charge is -2.08. The molecular weight excluding hydrogens is 308 g/mol. The second-order valence-corrected chi connectivity index (χ2v) is 6.46.